The van der Waals surface area contributed by atoms with E-state index in [0.717, 1.165) is 16.7 Å². The molecule has 0 bridgehead atoms. The molecule has 3 N–H and O–H groups in total. The standard InChI is InChI=1S/C32H25N5O6/c33-14-20-6-4-7-21(12-20)18-41-28-13-29(31-30(36-43-37-31)26(28)16-35-27(17-38)32(39)40)42-19-23-10-5-11-24(25(23)15-34)22-8-2-1-3-9-22/h1-13,27,35,38H,16-19H2,(H,39,40)/t27-/m1/s1. The molecule has 11 nitrogen and oxygen atoms in total. The van der Waals surface area contributed by atoms with Crippen molar-refractivity contribution in [1.82, 2.24) is 15.6 Å². The van der Waals surface area contributed by atoms with Crippen LogP contribution in [0.5, 0.6) is 11.5 Å². The Balaban J connectivity index is 1.49. The van der Waals surface area contributed by atoms with Gasteiger partial charge in [-0.1, -0.05) is 60.7 Å². The maximum Gasteiger partial charge on any atom is 0.323 e. The zero-order valence-electron chi connectivity index (χ0n) is 22.7. The van der Waals surface area contributed by atoms with Gasteiger partial charge in [0.05, 0.1) is 23.8 Å². The summed E-state index contributed by atoms with van der Waals surface area (Å²) in [6.07, 6.45) is 0. The van der Waals surface area contributed by atoms with Gasteiger partial charge in [0.15, 0.2) is 11.3 Å². The molecule has 0 saturated heterocycles. The maximum absolute atomic E-state index is 11.5. The average molecular weight is 576 g/mol. The number of hydrogen-bond donors (Lipinski definition) is 3. The van der Waals surface area contributed by atoms with E-state index in [2.05, 4.69) is 27.8 Å². The van der Waals surface area contributed by atoms with E-state index in [1.54, 1.807) is 24.3 Å². The number of nitrogens with one attached hydrogen (secondary N) is 1. The van der Waals surface area contributed by atoms with E-state index in [1.807, 2.05) is 54.6 Å². The molecule has 4 aromatic carbocycles. The number of aliphatic hydroxyl groups excluding tert-OH is 1. The second-order valence-corrected chi connectivity index (χ2v) is 9.47. The third kappa shape index (κ3) is 6.44. The smallest absolute Gasteiger partial charge is 0.323 e. The minimum atomic E-state index is -1.23. The van der Waals surface area contributed by atoms with Gasteiger partial charge in [0.1, 0.15) is 36.6 Å². The lowest BCUT2D eigenvalue weighted by Gasteiger charge is -2.17. The number of nitriles is 2. The van der Waals surface area contributed by atoms with E-state index in [1.165, 1.54) is 0 Å². The minimum absolute atomic E-state index is 0.0262. The number of hydrogen-bond acceptors (Lipinski definition) is 10. The van der Waals surface area contributed by atoms with Crippen LogP contribution >= 0.6 is 0 Å². The fourth-order valence-corrected chi connectivity index (χ4v) is 4.56. The van der Waals surface area contributed by atoms with Gasteiger partial charge in [-0.15, -0.1) is 0 Å². The number of nitrogens with zero attached hydrogens (tertiary/aromatic N) is 4. The highest BCUT2D eigenvalue weighted by molar-refractivity contribution is 5.86. The van der Waals surface area contributed by atoms with Gasteiger partial charge >= 0.3 is 5.97 Å². The summed E-state index contributed by atoms with van der Waals surface area (Å²) < 4.78 is 17.3. The number of aliphatic hydroxyl groups is 1. The Kier molecular flexibility index (Phi) is 8.88. The van der Waals surface area contributed by atoms with Gasteiger partial charge in [0.25, 0.3) is 0 Å². The predicted octanol–water partition coefficient (Wildman–Crippen LogP) is 4.33. The van der Waals surface area contributed by atoms with Crippen molar-refractivity contribution in [2.75, 3.05) is 6.61 Å². The molecular weight excluding hydrogens is 550 g/mol. The number of aliphatic carboxylic acids is 1. The van der Waals surface area contributed by atoms with E-state index in [4.69, 9.17) is 14.1 Å². The molecule has 0 radical (unpaired) electrons. The van der Waals surface area contributed by atoms with E-state index in [9.17, 15) is 25.5 Å². The molecule has 43 heavy (non-hydrogen) atoms. The molecule has 0 spiro atoms. The second kappa shape index (κ2) is 13.3. The number of rotatable bonds is 12. The highest BCUT2D eigenvalue weighted by Gasteiger charge is 2.23. The van der Waals surface area contributed by atoms with Crippen LogP contribution in [0, 0.1) is 22.7 Å². The van der Waals surface area contributed by atoms with Crippen LogP contribution in [0.25, 0.3) is 22.2 Å². The van der Waals surface area contributed by atoms with Crippen molar-refractivity contribution >= 4 is 17.0 Å². The summed E-state index contributed by atoms with van der Waals surface area (Å²) >= 11 is 0. The van der Waals surface area contributed by atoms with Gasteiger partial charge in [0.2, 0.25) is 0 Å². The van der Waals surface area contributed by atoms with Gasteiger partial charge in [-0.2, -0.15) is 10.5 Å². The Morgan fingerprint density at radius 1 is 0.907 bits per heavy atom. The zero-order chi connectivity index (χ0) is 30.2. The molecule has 1 atom stereocenters. The highest BCUT2D eigenvalue weighted by Crippen LogP contribution is 2.36. The Morgan fingerprint density at radius 2 is 1.67 bits per heavy atom. The van der Waals surface area contributed by atoms with Crippen molar-refractivity contribution in [1.29, 1.82) is 10.5 Å². The highest BCUT2D eigenvalue weighted by atomic mass is 16.6. The fraction of sp³-hybridized carbons (Fsp3) is 0.156. The molecule has 11 heteroatoms. The molecule has 0 aliphatic rings. The van der Waals surface area contributed by atoms with Crippen LogP contribution in [-0.2, 0) is 24.6 Å². The zero-order valence-corrected chi connectivity index (χ0v) is 22.7. The fourth-order valence-electron chi connectivity index (χ4n) is 4.56. The Hall–Kier alpha value is -5.75. The molecule has 5 aromatic rings. The molecule has 214 valence electrons. The minimum Gasteiger partial charge on any atom is -0.488 e. The SMILES string of the molecule is N#Cc1cccc(COc2cc(OCc3cccc(-c4ccccc4)c3C#N)c3nonc3c2CN[C@H](CO)C(=O)O)c1. The van der Waals surface area contributed by atoms with E-state index in [-0.39, 0.29) is 36.5 Å². The van der Waals surface area contributed by atoms with Crippen molar-refractivity contribution < 1.29 is 29.1 Å². The second-order valence-electron chi connectivity index (χ2n) is 9.47. The van der Waals surface area contributed by atoms with Crippen molar-refractivity contribution in [3.8, 4) is 34.8 Å². The van der Waals surface area contributed by atoms with Crippen LogP contribution in [0.2, 0.25) is 0 Å². The summed E-state index contributed by atoms with van der Waals surface area (Å²) in [4.78, 5) is 11.5. The van der Waals surface area contributed by atoms with Crippen molar-refractivity contribution in [3.05, 3.63) is 107 Å². The van der Waals surface area contributed by atoms with Gasteiger partial charge in [-0.05, 0) is 39.1 Å². The molecule has 0 unspecified atom stereocenters. The molecule has 0 saturated carbocycles. The van der Waals surface area contributed by atoms with Crippen LogP contribution < -0.4 is 14.8 Å². The molecule has 1 aromatic heterocycles. The van der Waals surface area contributed by atoms with E-state index < -0.39 is 18.6 Å². The van der Waals surface area contributed by atoms with Crippen LogP contribution in [0.1, 0.15) is 27.8 Å². The van der Waals surface area contributed by atoms with Crippen molar-refractivity contribution in [3.63, 3.8) is 0 Å². The van der Waals surface area contributed by atoms with Crippen LogP contribution in [-0.4, -0.2) is 39.1 Å². The summed E-state index contributed by atoms with van der Waals surface area (Å²) in [5.41, 5.74) is 4.98. The monoisotopic (exact) mass is 575 g/mol. The first-order valence-corrected chi connectivity index (χ1v) is 13.2. The number of fused-ring (bicyclic) bond motifs is 1. The lowest BCUT2D eigenvalue weighted by Crippen LogP contribution is -2.39. The Bertz CT molecular complexity index is 1840. The van der Waals surface area contributed by atoms with Gasteiger partial charge in [-0.25, -0.2) is 4.63 Å². The van der Waals surface area contributed by atoms with Gasteiger partial charge in [-0.3, -0.25) is 10.1 Å². The number of carbonyl (C=O) groups is 1. The van der Waals surface area contributed by atoms with Gasteiger partial charge in [0, 0.05) is 23.7 Å². The molecule has 0 amide bonds. The molecule has 5 rings (SSSR count). The normalized spacial score (nSPS) is 11.4. The summed E-state index contributed by atoms with van der Waals surface area (Å²) in [6.45, 7) is -0.567. The Morgan fingerprint density at radius 3 is 2.42 bits per heavy atom. The molecule has 0 aliphatic heterocycles. The summed E-state index contributed by atoms with van der Waals surface area (Å²) in [5, 5.41) is 48.9. The number of ether oxygens (including phenoxy) is 2. The van der Waals surface area contributed by atoms with E-state index >= 15 is 0 Å². The predicted molar refractivity (Wildman–Crippen MR) is 154 cm³/mol. The molecule has 0 aliphatic carbocycles. The average Bonchev–Trinajstić information content (AvgIpc) is 3.54. The molecular formula is C32H25N5O6. The summed E-state index contributed by atoms with van der Waals surface area (Å²) in [7, 11) is 0. The molecule has 0 fully saturated rings. The quantitative estimate of drug-likeness (QED) is 0.193. The van der Waals surface area contributed by atoms with Crippen molar-refractivity contribution in [2.45, 2.75) is 25.8 Å². The Labute approximate surface area is 246 Å². The first-order valence-electron chi connectivity index (χ1n) is 13.2. The first-order chi connectivity index (χ1) is 21.0. The number of aromatic nitrogens is 2. The number of benzene rings is 4. The first kappa shape index (κ1) is 28.8. The molecule has 1 heterocycles. The van der Waals surface area contributed by atoms with E-state index in [0.29, 0.717) is 28.0 Å². The number of carboxylic acids is 1. The van der Waals surface area contributed by atoms with Crippen LogP contribution in [0.4, 0.5) is 0 Å². The van der Waals surface area contributed by atoms with Gasteiger partial charge < -0.3 is 19.7 Å². The number of carboxylic acid groups (broad SMARTS) is 1. The van der Waals surface area contributed by atoms with Crippen LogP contribution in [0.3, 0.4) is 0 Å². The summed E-state index contributed by atoms with van der Waals surface area (Å²) in [5.74, 6) is -0.654. The lowest BCUT2D eigenvalue weighted by atomic mass is 9.96. The third-order valence-electron chi connectivity index (χ3n) is 6.75. The van der Waals surface area contributed by atoms with Crippen molar-refractivity contribution in [2.24, 2.45) is 0 Å². The lowest BCUT2D eigenvalue weighted by molar-refractivity contribution is -0.140. The third-order valence-corrected chi connectivity index (χ3v) is 6.75. The van der Waals surface area contributed by atoms with Crippen LogP contribution in [0.15, 0.2) is 83.5 Å². The topological polar surface area (TPSA) is 175 Å². The summed E-state index contributed by atoms with van der Waals surface area (Å²) in [6, 6.07) is 26.8. The maximum atomic E-state index is 11.5. The largest absolute Gasteiger partial charge is 0.488 e.